The molecule has 4 rings (SSSR count). The SMILES string of the molecule is CN1C(=N[C@H](CO)Cc2ccccc2)N(CCO)[C@H](c2ccccc2)[C@H]1c1ccccc1. The monoisotopic (exact) mass is 429 g/mol. The maximum atomic E-state index is 10.1. The van der Waals surface area contributed by atoms with Gasteiger partial charge in [0.2, 0.25) is 0 Å². The summed E-state index contributed by atoms with van der Waals surface area (Å²) >= 11 is 0. The molecule has 0 amide bonds. The molecule has 3 aromatic carbocycles. The number of benzene rings is 3. The molecule has 0 bridgehead atoms. The molecule has 0 aromatic heterocycles. The average Bonchev–Trinajstić information content (AvgIpc) is 3.11. The zero-order valence-corrected chi connectivity index (χ0v) is 18.5. The molecule has 5 nitrogen and oxygen atoms in total. The van der Waals surface area contributed by atoms with Crippen LogP contribution in [0, 0.1) is 0 Å². The third kappa shape index (κ3) is 4.69. The van der Waals surface area contributed by atoms with Crippen molar-refractivity contribution in [2.75, 3.05) is 26.8 Å². The van der Waals surface area contributed by atoms with Crippen molar-refractivity contribution in [2.24, 2.45) is 4.99 Å². The molecule has 32 heavy (non-hydrogen) atoms. The van der Waals surface area contributed by atoms with E-state index in [9.17, 15) is 10.2 Å². The van der Waals surface area contributed by atoms with E-state index in [1.807, 2.05) is 30.3 Å². The van der Waals surface area contributed by atoms with Crippen LogP contribution in [-0.2, 0) is 6.42 Å². The quantitative estimate of drug-likeness (QED) is 0.574. The first kappa shape index (κ1) is 22.1. The second kappa shape index (κ2) is 10.4. The summed E-state index contributed by atoms with van der Waals surface area (Å²) < 4.78 is 0. The van der Waals surface area contributed by atoms with Gasteiger partial charge in [-0.05, 0) is 23.1 Å². The Morgan fingerprint density at radius 2 is 1.31 bits per heavy atom. The van der Waals surface area contributed by atoms with Crippen molar-refractivity contribution in [2.45, 2.75) is 24.5 Å². The zero-order valence-electron chi connectivity index (χ0n) is 18.5. The van der Waals surface area contributed by atoms with E-state index in [0.717, 1.165) is 11.5 Å². The van der Waals surface area contributed by atoms with Gasteiger partial charge in [0.25, 0.3) is 0 Å². The summed E-state index contributed by atoms with van der Waals surface area (Å²) in [5, 5.41) is 20.0. The van der Waals surface area contributed by atoms with Crippen LogP contribution in [0.1, 0.15) is 28.8 Å². The minimum Gasteiger partial charge on any atom is -0.395 e. The molecule has 0 saturated carbocycles. The Morgan fingerprint density at radius 1 is 0.781 bits per heavy atom. The van der Waals surface area contributed by atoms with Gasteiger partial charge in [-0.1, -0.05) is 91.0 Å². The van der Waals surface area contributed by atoms with Gasteiger partial charge in [-0.15, -0.1) is 0 Å². The summed E-state index contributed by atoms with van der Waals surface area (Å²) in [6.45, 7) is 0.459. The lowest BCUT2D eigenvalue weighted by atomic mass is 9.93. The fourth-order valence-corrected chi connectivity index (χ4v) is 4.61. The van der Waals surface area contributed by atoms with Crippen LogP contribution in [0.3, 0.4) is 0 Å². The van der Waals surface area contributed by atoms with Gasteiger partial charge in [0, 0.05) is 13.6 Å². The van der Waals surface area contributed by atoms with Gasteiger partial charge in [-0.3, -0.25) is 0 Å². The number of aliphatic hydroxyl groups is 2. The van der Waals surface area contributed by atoms with Gasteiger partial charge < -0.3 is 20.0 Å². The number of aliphatic hydroxyl groups excluding tert-OH is 2. The number of guanidine groups is 1. The minimum absolute atomic E-state index is 0.00516. The topological polar surface area (TPSA) is 59.3 Å². The Kier molecular flexibility index (Phi) is 7.20. The second-order valence-corrected chi connectivity index (χ2v) is 8.19. The highest BCUT2D eigenvalue weighted by Crippen LogP contribution is 2.44. The number of likely N-dealkylation sites (N-methyl/N-ethyl adjacent to an activating group) is 1. The summed E-state index contributed by atoms with van der Waals surface area (Å²) in [5.74, 6) is 0.803. The molecular weight excluding hydrogens is 398 g/mol. The van der Waals surface area contributed by atoms with Gasteiger partial charge in [0.1, 0.15) is 0 Å². The summed E-state index contributed by atoms with van der Waals surface area (Å²) in [5.41, 5.74) is 3.51. The van der Waals surface area contributed by atoms with Gasteiger partial charge in [-0.25, -0.2) is 4.99 Å². The van der Waals surface area contributed by atoms with E-state index in [2.05, 4.69) is 77.5 Å². The van der Waals surface area contributed by atoms with E-state index in [0.29, 0.717) is 13.0 Å². The molecular formula is C27H31N3O2. The molecule has 1 heterocycles. The highest BCUT2D eigenvalue weighted by atomic mass is 16.3. The van der Waals surface area contributed by atoms with Gasteiger partial charge in [0.05, 0.1) is 31.3 Å². The van der Waals surface area contributed by atoms with Crippen molar-refractivity contribution < 1.29 is 10.2 Å². The van der Waals surface area contributed by atoms with Crippen LogP contribution in [0.5, 0.6) is 0 Å². The van der Waals surface area contributed by atoms with Gasteiger partial charge in [-0.2, -0.15) is 0 Å². The lowest BCUT2D eigenvalue weighted by Gasteiger charge is -2.28. The normalized spacial score (nSPS) is 20.7. The fraction of sp³-hybridized carbons (Fsp3) is 0.296. The molecule has 0 spiro atoms. The van der Waals surface area contributed by atoms with E-state index in [-0.39, 0.29) is 31.3 Å². The summed E-state index contributed by atoms with van der Waals surface area (Å²) in [6.07, 6.45) is 0.660. The van der Waals surface area contributed by atoms with E-state index in [1.54, 1.807) is 0 Å². The summed E-state index contributed by atoms with van der Waals surface area (Å²) in [7, 11) is 2.06. The van der Waals surface area contributed by atoms with Crippen molar-refractivity contribution in [3.05, 3.63) is 108 Å². The highest BCUT2D eigenvalue weighted by molar-refractivity contribution is 5.84. The summed E-state index contributed by atoms with van der Waals surface area (Å²) in [4.78, 5) is 9.40. The van der Waals surface area contributed by atoms with Crippen molar-refractivity contribution in [3.63, 3.8) is 0 Å². The maximum absolute atomic E-state index is 10.1. The predicted molar refractivity (Wildman–Crippen MR) is 128 cm³/mol. The first-order chi connectivity index (χ1) is 15.7. The molecule has 5 heteroatoms. The first-order valence-electron chi connectivity index (χ1n) is 11.2. The number of rotatable bonds is 8. The van der Waals surface area contributed by atoms with E-state index in [4.69, 9.17) is 4.99 Å². The third-order valence-electron chi connectivity index (χ3n) is 6.07. The Hall–Kier alpha value is -3.15. The molecule has 0 radical (unpaired) electrons. The predicted octanol–water partition coefficient (Wildman–Crippen LogP) is 3.67. The van der Waals surface area contributed by atoms with Crippen molar-refractivity contribution >= 4 is 5.96 Å². The molecule has 1 fully saturated rings. The number of β-amino-alcohol motifs (C(OH)–C–C–N with tert-alkyl or cyclic N) is 1. The van der Waals surface area contributed by atoms with Crippen LogP contribution in [0.4, 0.5) is 0 Å². The van der Waals surface area contributed by atoms with E-state index >= 15 is 0 Å². The van der Waals surface area contributed by atoms with Crippen LogP contribution in [0.2, 0.25) is 0 Å². The Balaban J connectivity index is 1.76. The fourth-order valence-electron chi connectivity index (χ4n) is 4.61. The van der Waals surface area contributed by atoms with Crippen molar-refractivity contribution in [1.82, 2.24) is 9.80 Å². The van der Waals surface area contributed by atoms with Crippen molar-refractivity contribution in [1.29, 1.82) is 0 Å². The van der Waals surface area contributed by atoms with Crippen LogP contribution >= 0.6 is 0 Å². The molecule has 0 unspecified atom stereocenters. The summed E-state index contributed by atoms with van der Waals surface area (Å²) in [6, 6.07) is 30.7. The standard InChI is InChI=1S/C27H31N3O2/c1-29-25(22-13-7-3-8-14-22)26(23-15-9-4-10-16-23)30(17-18-31)27(29)28-24(20-32)19-21-11-5-2-6-12-21/h2-16,24-26,31-32H,17-20H2,1H3/t24-,25+,26+/m0/s1. The lowest BCUT2D eigenvalue weighted by Crippen LogP contribution is -2.36. The van der Waals surface area contributed by atoms with Gasteiger partial charge in [0.15, 0.2) is 5.96 Å². The molecule has 3 atom stereocenters. The number of hydrogen-bond acceptors (Lipinski definition) is 3. The molecule has 166 valence electrons. The highest BCUT2D eigenvalue weighted by Gasteiger charge is 2.43. The largest absolute Gasteiger partial charge is 0.395 e. The third-order valence-corrected chi connectivity index (χ3v) is 6.07. The van der Waals surface area contributed by atoms with Crippen molar-refractivity contribution in [3.8, 4) is 0 Å². The van der Waals surface area contributed by atoms with Crippen LogP contribution in [0.25, 0.3) is 0 Å². The van der Waals surface area contributed by atoms with Crippen LogP contribution < -0.4 is 0 Å². The number of hydrogen-bond donors (Lipinski definition) is 2. The van der Waals surface area contributed by atoms with Gasteiger partial charge >= 0.3 is 0 Å². The maximum Gasteiger partial charge on any atom is 0.198 e. The first-order valence-corrected chi connectivity index (χ1v) is 11.2. The van der Waals surface area contributed by atoms with Crippen LogP contribution in [0.15, 0.2) is 96.0 Å². The smallest absolute Gasteiger partial charge is 0.198 e. The Bertz CT molecular complexity index is 995. The van der Waals surface area contributed by atoms with Crippen LogP contribution in [-0.4, -0.2) is 58.8 Å². The molecule has 3 aromatic rings. The second-order valence-electron chi connectivity index (χ2n) is 8.19. The van der Waals surface area contributed by atoms with E-state index in [1.165, 1.54) is 11.1 Å². The Morgan fingerprint density at radius 3 is 1.84 bits per heavy atom. The molecule has 1 aliphatic heterocycles. The molecule has 0 aliphatic carbocycles. The molecule has 2 N–H and O–H groups in total. The number of aliphatic imine (C=N–C) groups is 1. The number of nitrogens with zero attached hydrogens (tertiary/aromatic N) is 3. The molecule has 1 saturated heterocycles. The molecule has 1 aliphatic rings. The lowest BCUT2D eigenvalue weighted by molar-refractivity contribution is 0.216. The Labute approximate surface area is 190 Å². The zero-order chi connectivity index (χ0) is 22.3. The minimum atomic E-state index is -0.262. The average molecular weight is 430 g/mol. The van der Waals surface area contributed by atoms with E-state index < -0.39 is 0 Å².